The van der Waals surface area contributed by atoms with Crippen LogP contribution in [-0.4, -0.2) is 20.6 Å². The summed E-state index contributed by atoms with van der Waals surface area (Å²) in [6.07, 6.45) is 1.57. The predicted octanol–water partition coefficient (Wildman–Crippen LogP) is 5.19. The van der Waals surface area contributed by atoms with Gasteiger partial charge in [0.05, 0.1) is 28.0 Å². The molecule has 0 radical (unpaired) electrons. The van der Waals surface area contributed by atoms with Gasteiger partial charge in [0.1, 0.15) is 5.02 Å². The molecule has 31 heavy (non-hydrogen) atoms. The quantitative estimate of drug-likeness (QED) is 0.448. The molecule has 1 aliphatic rings. The van der Waals surface area contributed by atoms with E-state index in [1.807, 2.05) is 41.9 Å². The van der Waals surface area contributed by atoms with Crippen LogP contribution in [0.5, 0.6) is 0 Å². The summed E-state index contributed by atoms with van der Waals surface area (Å²) in [4.78, 5) is 23.6. The maximum atomic E-state index is 13.0. The Labute approximate surface area is 185 Å². The number of aromatic nitrogens is 2. The average molecular weight is 439 g/mol. The molecule has 3 aromatic rings. The third-order valence-corrected chi connectivity index (χ3v) is 5.99. The van der Waals surface area contributed by atoms with Crippen LogP contribution in [-0.2, 0) is 6.42 Å². The van der Waals surface area contributed by atoms with Crippen LogP contribution < -0.4 is 5.32 Å². The molecular formula is C23H23ClN4O3. The lowest BCUT2D eigenvalue weighted by Crippen LogP contribution is -2.37. The van der Waals surface area contributed by atoms with Gasteiger partial charge in [0, 0.05) is 17.2 Å². The van der Waals surface area contributed by atoms with Crippen molar-refractivity contribution in [2.45, 2.75) is 39.7 Å². The summed E-state index contributed by atoms with van der Waals surface area (Å²) in [5.74, 6) is -0.375. The van der Waals surface area contributed by atoms with Crippen LogP contribution in [0.25, 0.3) is 5.69 Å². The Morgan fingerprint density at radius 2 is 1.97 bits per heavy atom. The van der Waals surface area contributed by atoms with Crippen LogP contribution in [0, 0.1) is 22.5 Å². The Bertz CT molecular complexity index is 1170. The Morgan fingerprint density at radius 3 is 2.65 bits per heavy atom. The van der Waals surface area contributed by atoms with Gasteiger partial charge in [0.2, 0.25) is 0 Å². The van der Waals surface area contributed by atoms with Crippen LogP contribution >= 0.6 is 11.6 Å². The third kappa shape index (κ3) is 4.05. The minimum Gasteiger partial charge on any atom is -0.345 e. The van der Waals surface area contributed by atoms with Crippen molar-refractivity contribution in [3.8, 4) is 5.69 Å². The first-order valence-corrected chi connectivity index (χ1v) is 10.4. The SMILES string of the molecule is Cc1nn(-c2ccccc2)c2c1C(NC(=O)c1ccc(Cl)c([N+](=O)[O-])c1)CC(C)(C)C2. The molecule has 1 amide bonds. The van der Waals surface area contributed by atoms with Crippen molar-refractivity contribution in [3.63, 3.8) is 0 Å². The van der Waals surface area contributed by atoms with E-state index in [2.05, 4.69) is 19.2 Å². The molecule has 1 aromatic heterocycles. The Kier molecular flexibility index (Phi) is 5.31. The summed E-state index contributed by atoms with van der Waals surface area (Å²) >= 11 is 5.89. The number of hydrogen-bond acceptors (Lipinski definition) is 4. The van der Waals surface area contributed by atoms with Gasteiger partial charge in [-0.2, -0.15) is 5.10 Å². The first-order chi connectivity index (χ1) is 14.7. The number of nitro groups is 1. The fourth-order valence-corrected chi connectivity index (χ4v) is 4.52. The van der Waals surface area contributed by atoms with E-state index < -0.39 is 4.92 Å². The highest BCUT2D eigenvalue weighted by Gasteiger charge is 2.37. The summed E-state index contributed by atoms with van der Waals surface area (Å²) in [7, 11) is 0. The molecule has 1 heterocycles. The average Bonchev–Trinajstić information content (AvgIpc) is 3.03. The topological polar surface area (TPSA) is 90.1 Å². The number of aryl methyl sites for hydroxylation is 1. The van der Waals surface area contributed by atoms with Crippen LogP contribution in [0.1, 0.15) is 53.6 Å². The standard InChI is InChI=1S/C23H23ClN4O3/c1-14-21-18(25-22(29)15-9-10-17(24)19(11-15)28(30)31)12-23(2,3)13-20(21)27(26-14)16-7-5-4-6-8-16/h4-11,18H,12-13H2,1-3H3,(H,25,29). The molecule has 160 valence electrons. The third-order valence-electron chi connectivity index (χ3n) is 5.67. The van der Waals surface area contributed by atoms with Gasteiger partial charge in [0.25, 0.3) is 11.6 Å². The number of benzene rings is 2. The van der Waals surface area contributed by atoms with Crippen molar-refractivity contribution >= 4 is 23.2 Å². The smallest absolute Gasteiger partial charge is 0.288 e. The summed E-state index contributed by atoms with van der Waals surface area (Å²) < 4.78 is 1.96. The molecule has 4 rings (SSSR count). The molecular weight excluding hydrogens is 416 g/mol. The molecule has 0 aliphatic heterocycles. The summed E-state index contributed by atoms with van der Waals surface area (Å²) in [6.45, 7) is 6.28. The number of nitro benzene ring substituents is 1. The fraction of sp³-hybridized carbons (Fsp3) is 0.304. The number of nitrogens with one attached hydrogen (secondary N) is 1. The van der Waals surface area contributed by atoms with Crippen molar-refractivity contribution in [2.24, 2.45) is 5.41 Å². The van der Waals surface area contributed by atoms with E-state index in [-0.39, 0.29) is 33.6 Å². The van der Waals surface area contributed by atoms with E-state index in [1.54, 1.807) is 0 Å². The van der Waals surface area contributed by atoms with Crippen molar-refractivity contribution in [1.82, 2.24) is 15.1 Å². The molecule has 1 unspecified atom stereocenters. The first-order valence-electron chi connectivity index (χ1n) is 10.0. The highest BCUT2D eigenvalue weighted by atomic mass is 35.5. The molecule has 0 saturated carbocycles. The van der Waals surface area contributed by atoms with Gasteiger partial charge in [-0.15, -0.1) is 0 Å². The highest BCUT2D eigenvalue weighted by molar-refractivity contribution is 6.32. The van der Waals surface area contributed by atoms with Crippen molar-refractivity contribution < 1.29 is 9.72 Å². The maximum Gasteiger partial charge on any atom is 0.288 e. The van der Waals surface area contributed by atoms with Crippen molar-refractivity contribution in [2.75, 3.05) is 0 Å². The second kappa shape index (κ2) is 7.81. The number of amides is 1. The van der Waals surface area contributed by atoms with Gasteiger partial charge < -0.3 is 5.32 Å². The van der Waals surface area contributed by atoms with Gasteiger partial charge >= 0.3 is 0 Å². The lowest BCUT2D eigenvalue weighted by atomic mass is 9.73. The Balaban J connectivity index is 1.71. The van der Waals surface area contributed by atoms with Crippen molar-refractivity contribution in [1.29, 1.82) is 0 Å². The van der Waals surface area contributed by atoms with E-state index in [4.69, 9.17) is 16.7 Å². The molecule has 8 heteroatoms. The van der Waals surface area contributed by atoms with E-state index in [0.717, 1.165) is 35.5 Å². The summed E-state index contributed by atoms with van der Waals surface area (Å²) in [5, 5.41) is 19.0. The molecule has 0 spiro atoms. The highest BCUT2D eigenvalue weighted by Crippen LogP contribution is 2.43. The van der Waals surface area contributed by atoms with Crippen LogP contribution in [0.15, 0.2) is 48.5 Å². The molecule has 0 bridgehead atoms. The van der Waals surface area contributed by atoms with Crippen LogP contribution in [0.3, 0.4) is 0 Å². The summed E-state index contributed by atoms with van der Waals surface area (Å²) in [6, 6.07) is 13.8. The fourth-order valence-electron chi connectivity index (χ4n) is 4.33. The van der Waals surface area contributed by atoms with Crippen molar-refractivity contribution in [3.05, 3.63) is 86.2 Å². The van der Waals surface area contributed by atoms with E-state index in [1.165, 1.54) is 18.2 Å². The number of rotatable bonds is 4. The first kappa shape index (κ1) is 21.1. The molecule has 2 aromatic carbocycles. The second-order valence-corrected chi connectivity index (χ2v) is 9.09. The van der Waals surface area contributed by atoms with Crippen LogP contribution in [0.4, 0.5) is 5.69 Å². The van der Waals surface area contributed by atoms with Gasteiger partial charge in [0.15, 0.2) is 0 Å². The monoisotopic (exact) mass is 438 g/mol. The molecule has 0 saturated heterocycles. The lowest BCUT2D eigenvalue weighted by Gasteiger charge is -2.36. The van der Waals surface area contributed by atoms with E-state index in [0.29, 0.717) is 0 Å². The maximum absolute atomic E-state index is 13.0. The van der Waals surface area contributed by atoms with E-state index >= 15 is 0 Å². The number of hydrogen-bond donors (Lipinski definition) is 1. The zero-order valence-corrected chi connectivity index (χ0v) is 18.3. The Hall–Kier alpha value is -3.19. The zero-order chi connectivity index (χ0) is 22.3. The number of fused-ring (bicyclic) bond motifs is 1. The number of carbonyl (C=O) groups is 1. The normalized spacial score (nSPS) is 17.1. The second-order valence-electron chi connectivity index (χ2n) is 8.69. The molecule has 0 fully saturated rings. The minimum atomic E-state index is -0.588. The molecule has 7 nitrogen and oxygen atoms in total. The number of halogens is 1. The summed E-state index contributed by atoms with van der Waals surface area (Å²) in [5.41, 5.74) is 3.79. The van der Waals surface area contributed by atoms with Gasteiger partial charge in [-0.05, 0) is 49.4 Å². The Morgan fingerprint density at radius 1 is 1.26 bits per heavy atom. The number of carbonyl (C=O) groups excluding carboxylic acids is 1. The number of para-hydroxylation sites is 1. The van der Waals surface area contributed by atoms with Gasteiger partial charge in [-0.1, -0.05) is 43.6 Å². The zero-order valence-electron chi connectivity index (χ0n) is 17.6. The minimum absolute atomic E-state index is 0.00242. The van der Waals surface area contributed by atoms with Gasteiger partial charge in [-0.25, -0.2) is 4.68 Å². The van der Waals surface area contributed by atoms with E-state index in [9.17, 15) is 14.9 Å². The predicted molar refractivity (Wildman–Crippen MR) is 119 cm³/mol. The van der Waals surface area contributed by atoms with Gasteiger partial charge in [-0.3, -0.25) is 14.9 Å². The molecule has 1 aliphatic carbocycles. The lowest BCUT2D eigenvalue weighted by molar-refractivity contribution is -0.384. The molecule has 1 N–H and O–H groups in total. The number of nitrogens with zero attached hydrogens (tertiary/aromatic N) is 3. The molecule has 1 atom stereocenters. The van der Waals surface area contributed by atoms with Crippen LogP contribution in [0.2, 0.25) is 5.02 Å². The largest absolute Gasteiger partial charge is 0.345 e.